The number of para-hydroxylation sites is 1. The minimum absolute atomic E-state index is 0.0371. The zero-order valence-corrected chi connectivity index (χ0v) is 25.2. The predicted octanol–water partition coefficient (Wildman–Crippen LogP) is 6.19. The van der Waals surface area contributed by atoms with Crippen molar-refractivity contribution < 1.29 is 40.4 Å². The Kier molecular flexibility index (Phi) is 11.0. The Labute approximate surface area is 247 Å². The van der Waals surface area contributed by atoms with Gasteiger partial charge >= 0.3 is 6.18 Å². The van der Waals surface area contributed by atoms with Gasteiger partial charge in [-0.2, -0.15) is 13.2 Å². The van der Waals surface area contributed by atoms with Crippen LogP contribution in [0.5, 0.6) is 0 Å². The molecule has 0 aliphatic heterocycles. The first kappa shape index (κ1) is 33.3. The second kappa shape index (κ2) is 13.8. The topological polar surface area (TPSA) is 107 Å². The Morgan fingerprint density at radius 3 is 2.19 bits per heavy atom. The number of hydrogen-bond acceptors (Lipinski definition) is 7. The third-order valence-electron chi connectivity index (χ3n) is 6.65. The van der Waals surface area contributed by atoms with Gasteiger partial charge in [0.25, 0.3) is 0 Å². The maximum absolute atomic E-state index is 12.8. The molecule has 0 atom stereocenters. The van der Waals surface area contributed by atoms with E-state index in [9.17, 15) is 31.2 Å². The molecule has 0 radical (unpaired) electrons. The van der Waals surface area contributed by atoms with Crippen LogP contribution < -0.4 is 4.90 Å². The van der Waals surface area contributed by atoms with Crippen molar-refractivity contribution >= 4 is 38.8 Å². The molecule has 0 spiro atoms. The number of ether oxygens (including phenoxy) is 1. The number of amides is 1. The van der Waals surface area contributed by atoms with Crippen LogP contribution in [0.3, 0.4) is 0 Å². The van der Waals surface area contributed by atoms with E-state index in [0.717, 1.165) is 54.8 Å². The van der Waals surface area contributed by atoms with Crippen LogP contribution in [-0.2, 0) is 38.4 Å². The van der Waals surface area contributed by atoms with Crippen molar-refractivity contribution in [3.05, 3.63) is 76.2 Å². The Hall–Kier alpha value is -3.22. The number of rotatable bonds is 10. The number of aryl methyl sites for hydroxylation is 2. The van der Waals surface area contributed by atoms with Crippen molar-refractivity contribution in [2.45, 2.75) is 56.5 Å². The second-order valence-corrected chi connectivity index (χ2v) is 11.9. The van der Waals surface area contributed by atoms with E-state index in [1.54, 1.807) is 12.0 Å². The zero-order valence-electron chi connectivity index (χ0n) is 23.6. The van der Waals surface area contributed by atoms with Crippen LogP contribution in [-0.4, -0.2) is 51.2 Å². The van der Waals surface area contributed by atoms with Crippen molar-refractivity contribution in [1.29, 1.82) is 0 Å². The molecular weight excluding hydrogens is 597 g/mol. The van der Waals surface area contributed by atoms with Gasteiger partial charge < -0.3 is 9.26 Å². The molecule has 8 nitrogen and oxygen atoms in total. The average Bonchev–Trinajstić information content (AvgIpc) is 3.69. The number of carbonyl (C=O) groups is 2. The molecule has 4 rings (SSSR count). The molecule has 1 fully saturated rings. The van der Waals surface area contributed by atoms with Gasteiger partial charge in [0.1, 0.15) is 12.6 Å². The molecule has 13 heteroatoms. The fourth-order valence-electron chi connectivity index (χ4n) is 4.42. The number of sulfone groups is 1. The van der Waals surface area contributed by atoms with E-state index in [1.807, 2.05) is 18.2 Å². The first-order valence-corrected chi connectivity index (χ1v) is 15.6. The van der Waals surface area contributed by atoms with E-state index in [1.165, 1.54) is 6.20 Å². The van der Waals surface area contributed by atoms with Crippen LogP contribution in [0.1, 0.15) is 71.0 Å². The fraction of sp³-hybridized carbons (Fsp3) is 0.414. The number of hydrogen-bond donors (Lipinski definition) is 0. The predicted molar refractivity (Wildman–Crippen MR) is 152 cm³/mol. The largest absolute Gasteiger partial charge is 0.416 e. The van der Waals surface area contributed by atoms with Gasteiger partial charge in [0, 0.05) is 24.8 Å². The molecule has 1 aliphatic carbocycles. The average molecular weight is 629 g/mol. The number of methoxy groups -OCH3 is 1. The van der Waals surface area contributed by atoms with E-state index in [2.05, 4.69) is 19.0 Å². The Balaban J connectivity index is 0.000000241. The molecule has 1 aliphatic rings. The van der Waals surface area contributed by atoms with Crippen molar-refractivity contribution in [2.75, 3.05) is 30.9 Å². The minimum Gasteiger partial charge on any atom is -0.364 e. The third kappa shape index (κ3) is 7.78. The van der Waals surface area contributed by atoms with Crippen LogP contribution in [0.25, 0.3) is 0 Å². The highest BCUT2D eigenvalue weighted by Crippen LogP contribution is 2.42. The number of halogens is 4. The molecule has 3 aromatic rings. The van der Waals surface area contributed by atoms with Gasteiger partial charge in [0.15, 0.2) is 21.4 Å². The summed E-state index contributed by atoms with van der Waals surface area (Å²) in [7, 11) is -2.46. The lowest BCUT2D eigenvalue weighted by Gasteiger charge is -2.26. The number of ketones is 1. The standard InChI is InChI=1S/C15H12F3NO4S.C14H20ClNO2/c1-24(21,22)12-6-9(15(16,17)18)4-5-10(12)13(20)11-7-19-23-14(11)8-2-3-8;1-4-11-7-6-8-12(5-2)14(11)16(10-18-3)13(17)9-15/h4-8H,2-3H2,1H3;6-8H,4-5,9-10H2,1-3H3. The van der Waals surface area contributed by atoms with Gasteiger partial charge in [-0.25, -0.2) is 8.42 Å². The Bertz CT molecular complexity index is 1510. The van der Waals surface area contributed by atoms with Crippen molar-refractivity contribution in [1.82, 2.24) is 5.16 Å². The summed E-state index contributed by atoms with van der Waals surface area (Å²) < 4.78 is 72.4. The summed E-state index contributed by atoms with van der Waals surface area (Å²) in [6, 6.07) is 8.15. The van der Waals surface area contributed by atoms with Gasteiger partial charge in [-0.15, -0.1) is 11.6 Å². The summed E-state index contributed by atoms with van der Waals surface area (Å²) in [6.45, 7) is 4.39. The van der Waals surface area contributed by atoms with Crippen molar-refractivity contribution in [3.8, 4) is 0 Å². The van der Waals surface area contributed by atoms with Crippen LogP contribution in [0, 0.1) is 0 Å². The maximum Gasteiger partial charge on any atom is 0.416 e. The van der Waals surface area contributed by atoms with Crippen LogP contribution in [0.15, 0.2) is 52.0 Å². The van der Waals surface area contributed by atoms with Crippen LogP contribution >= 0.6 is 11.6 Å². The number of benzene rings is 2. The molecule has 1 heterocycles. The van der Waals surface area contributed by atoms with Crippen LogP contribution in [0.2, 0.25) is 0 Å². The normalized spacial score (nSPS) is 13.3. The summed E-state index contributed by atoms with van der Waals surface area (Å²) in [5.74, 6) is -0.492. The second-order valence-electron chi connectivity index (χ2n) is 9.69. The highest BCUT2D eigenvalue weighted by molar-refractivity contribution is 7.90. The number of carbonyl (C=O) groups excluding carboxylic acids is 2. The van der Waals surface area contributed by atoms with Crippen molar-refractivity contribution in [3.63, 3.8) is 0 Å². The number of alkyl halides is 4. The summed E-state index contributed by atoms with van der Waals surface area (Å²) in [4.78, 5) is 25.6. The van der Waals surface area contributed by atoms with Gasteiger partial charge in [0.2, 0.25) is 5.91 Å². The smallest absolute Gasteiger partial charge is 0.364 e. The molecule has 1 aromatic heterocycles. The lowest BCUT2D eigenvalue weighted by atomic mass is 10.0. The molecule has 0 unspecified atom stereocenters. The highest BCUT2D eigenvalue weighted by Gasteiger charge is 2.36. The molecule has 1 amide bonds. The quantitative estimate of drug-likeness (QED) is 0.150. The SMILES string of the molecule is CCc1cccc(CC)c1N(COC)C(=O)CCl.CS(=O)(=O)c1cc(C(F)(F)F)ccc1C(=O)c1cnoc1C1CC1. The van der Waals surface area contributed by atoms with E-state index in [-0.39, 0.29) is 35.6 Å². The first-order chi connectivity index (χ1) is 19.8. The molecule has 0 saturated heterocycles. The molecule has 1 saturated carbocycles. The lowest BCUT2D eigenvalue weighted by Crippen LogP contribution is -2.35. The van der Waals surface area contributed by atoms with E-state index in [0.29, 0.717) is 17.9 Å². The Morgan fingerprint density at radius 1 is 1.10 bits per heavy atom. The first-order valence-electron chi connectivity index (χ1n) is 13.1. The zero-order chi connectivity index (χ0) is 31.2. The maximum atomic E-state index is 12.8. The van der Waals surface area contributed by atoms with Crippen molar-refractivity contribution in [2.24, 2.45) is 0 Å². The van der Waals surface area contributed by atoms with Gasteiger partial charge in [-0.3, -0.25) is 14.5 Å². The summed E-state index contributed by atoms with van der Waals surface area (Å²) in [5.41, 5.74) is 1.87. The van der Waals surface area contributed by atoms with Gasteiger partial charge in [-0.05, 0) is 55.0 Å². The van der Waals surface area contributed by atoms with E-state index >= 15 is 0 Å². The van der Waals surface area contributed by atoms with Gasteiger partial charge in [-0.1, -0.05) is 37.2 Å². The lowest BCUT2D eigenvalue weighted by molar-refractivity contribution is -0.137. The molecular formula is C29H32ClF3N2O6S. The minimum atomic E-state index is -4.71. The van der Waals surface area contributed by atoms with E-state index in [4.69, 9.17) is 20.9 Å². The third-order valence-corrected chi connectivity index (χ3v) is 8.02. The molecule has 2 aromatic carbocycles. The number of anilines is 1. The fourth-order valence-corrected chi connectivity index (χ4v) is 5.47. The number of nitrogens with zero attached hydrogens (tertiary/aromatic N) is 2. The Morgan fingerprint density at radius 2 is 1.71 bits per heavy atom. The monoisotopic (exact) mass is 628 g/mol. The highest BCUT2D eigenvalue weighted by atomic mass is 35.5. The molecule has 0 bridgehead atoms. The summed E-state index contributed by atoms with van der Waals surface area (Å²) in [5, 5.41) is 3.55. The summed E-state index contributed by atoms with van der Waals surface area (Å²) >= 11 is 5.68. The summed E-state index contributed by atoms with van der Waals surface area (Å²) in [6.07, 6.45) is 0.604. The molecule has 42 heavy (non-hydrogen) atoms. The molecule has 228 valence electrons. The van der Waals surface area contributed by atoms with Crippen LogP contribution in [0.4, 0.5) is 18.9 Å². The number of aromatic nitrogens is 1. The van der Waals surface area contributed by atoms with E-state index < -0.39 is 32.3 Å². The molecule has 0 N–H and O–H groups in total. The van der Waals surface area contributed by atoms with Gasteiger partial charge in [0.05, 0.1) is 27.9 Å².